The van der Waals surface area contributed by atoms with Gasteiger partial charge in [-0.3, -0.25) is 0 Å². The van der Waals surface area contributed by atoms with Crippen LogP contribution in [0.2, 0.25) is 0 Å². The first-order valence-corrected chi connectivity index (χ1v) is 8.46. The molecule has 2 amide bonds. The average Bonchev–Trinajstić information content (AvgIpc) is 3.39. The van der Waals surface area contributed by atoms with Crippen molar-refractivity contribution < 1.29 is 9.53 Å². The van der Waals surface area contributed by atoms with E-state index in [1.807, 2.05) is 26.1 Å². The summed E-state index contributed by atoms with van der Waals surface area (Å²) in [7, 11) is 1.85. The molecule has 3 rings (SSSR count). The van der Waals surface area contributed by atoms with Crippen molar-refractivity contribution in [3.8, 4) is 0 Å². The Hall–Kier alpha value is -1.82. The molecule has 1 aliphatic carbocycles. The second kappa shape index (κ2) is 7.17. The van der Waals surface area contributed by atoms with Crippen molar-refractivity contribution >= 4 is 17.5 Å². The SMILES string of the molecule is Cc1nc(N2CCOCC2)ccc1NC(=O)N(C)CCC1CC1. The molecule has 2 heterocycles. The predicted molar refractivity (Wildman–Crippen MR) is 91.0 cm³/mol. The summed E-state index contributed by atoms with van der Waals surface area (Å²) in [5, 5.41) is 2.97. The molecule has 0 spiro atoms. The number of anilines is 2. The van der Waals surface area contributed by atoms with E-state index in [1.165, 1.54) is 12.8 Å². The first-order valence-electron chi connectivity index (χ1n) is 8.46. The van der Waals surface area contributed by atoms with Gasteiger partial charge in [0.05, 0.1) is 24.6 Å². The first-order chi connectivity index (χ1) is 11.1. The van der Waals surface area contributed by atoms with Crippen molar-refractivity contribution in [2.24, 2.45) is 5.92 Å². The quantitative estimate of drug-likeness (QED) is 0.906. The van der Waals surface area contributed by atoms with E-state index >= 15 is 0 Å². The Morgan fingerprint density at radius 2 is 2.13 bits per heavy atom. The van der Waals surface area contributed by atoms with Crippen molar-refractivity contribution in [1.82, 2.24) is 9.88 Å². The van der Waals surface area contributed by atoms with E-state index in [2.05, 4.69) is 15.2 Å². The number of pyridine rings is 1. The number of carbonyl (C=O) groups is 1. The molecule has 0 radical (unpaired) electrons. The van der Waals surface area contributed by atoms with Crippen molar-refractivity contribution in [2.75, 3.05) is 50.1 Å². The van der Waals surface area contributed by atoms with E-state index in [4.69, 9.17) is 4.74 Å². The Balaban J connectivity index is 1.57. The summed E-state index contributed by atoms with van der Waals surface area (Å²) in [5.41, 5.74) is 1.63. The van der Waals surface area contributed by atoms with Gasteiger partial charge >= 0.3 is 6.03 Å². The minimum atomic E-state index is -0.0605. The number of aromatic nitrogens is 1. The molecule has 0 atom stereocenters. The van der Waals surface area contributed by atoms with E-state index in [9.17, 15) is 4.79 Å². The van der Waals surface area contributed by atoms with Gasteiger partial charge in [0.1, 0.15) is 5.82 Å². The third kappa shape index (κ3) is 4.34. The zero-order chi connectivity index (χ0) is 16.2. The molecule has 1 aromatic rings. The molecule has 1 N–H and O–H groups in total. The number of urea groups is 1. The molecule has 126 valence electrons. The lowest BCUT2D eigenvalue weighted by molar-refractivity contribution is 0.122. The third-order valence-corrected chi connectivity index (χ3v) is 4.56. The van der Waals surface area contributed by atoms with Crippen LogP contribution in [0.3, 0.4) is 0 Å². The lowest BCUT2D eigenvalue weighted by Gasteiger charge is -2.28. The van der Waals surface area contributed by atoms with Crippen LogP contribution in [0.1, 0.15) is 25.0 Å². The number of nitrogens with zero attached hydrogens (tertiary/aromatic N) is 3. The van der Waals surface area contributed by atoms with Gasteiger partial charge in [-0.15, -0.1) is 0 Å². The van der Waals surface area contributed by atoms with Crippen molar-refractivity contribution in [1.29, 1.82) is 0 Å². The van der Waals surface area contributed by atoms with E-state index < -0.39 is 0 Å². The highest BCUT2D eigenvalue weighted by Gasteiger charge is 2.22. The summed E-state index contributed by atoms with van der Waals surface area (Å²) in [6.07, 6.45) is 3.75. The van der Waals surface area contributed by atoms with Gasteiger partial charge in [-0.25, -0.2) is 9.78 Å². The molecule has 1 saturated carbocycles. The maximum atomic E-state index is 12.2. The molecular formula is C17H26N4O2. The van der Waals surface area contributed by atoms with Crippen LogP contribution < -0.4 is 10.2 Å². The molecule has 6 nitrogen and oxygen atoms in total. The smallest absolute Gasteiger partial charge is 0.321 e. The highest BCUT2D eigenvalue weighted by atomic mass is 16.5. The van der Waals surface area contributed by atoms with Crippen LogP contribution in [0.5, 0.6) is 0 Å². The molecule has 0 aromatic carbocycles. The first kappa shape index (κ1) is 16.1. The molecule has 0 unspecified atom stereocenters. The summed E-state index contributed by atoms with van der Waals surface area (Å²) in [6, 6.07) is 3.85. The summed E-state index contributed by atoms with van der Waals surface area (Å²) >= 11 is 0. The Bertz CT molecular complexity index is 554. The number of ether oxygens (including phenoxy) is 1. The molecular weight excluding hydrogens is 292 g/mol. The van der Waals surface area contributed by atoms with E-state index in [-0.39, 0.29) is 6.03 Å². The van der Waals surface area contributed by atoms with Crippen molar-refractivity contribution in [2.45, 2.75) is 26.2 Å². The predicted octanol–water partition coefficient (Wildman–Crippen LogP) is 2.49. The number of aryl methyl sites for hydroxylation is 1. The van der Waals surface area contributed by atoms with Crippen LogP contribution in [-0.4, -0.2) is 55.8 Å². The van der Waals surface area contributed by atoms with Crippen LogP contribution in [0, 0.1) is 12.8 Å². The summed E-state index contributed by atoms with van der Waals surface area (Å²) in [5.74, 6) is 1.78. The van der Waals surface area contributed by atoms with Gasteiger partial charge in [0.2, 0.25) is 0 Å². The van der Waals surface area contributed by atoms with Crippen LogP contribution in [-0.2, 0) is 4.74 Å². The highest BCUT2D eigenvalue weighted by molar-refractivity contribution is 5.89. The van der Waals surface area contributed by atoms with E-state index in [0.717, 1.165) is 62.4 Å². The molecule has 2 aliphatic rings. The van der Waals surface area contributed by atoms with Crippen molar-refractivity contribution in [3.63, 3.8) is 0 Å². The minimum Gasteiger partial charge on any atom is -0.378 e. The second-order valence-corrected chi connectivity index (χ2v) is 6.49. The fourth-order valence-corrected chi connectivity index (χ4v) is 2.74. The summed E-state index contributed by atoms with van der Waals surface area (Å²) in [6.45, 7) is 5.96. The maximum absolute atomic E-state index is 12.2. The highest BCUT2D eigenvalue weighted by Crippen LogP contribution is 2.32. The fourth-order valence-electron chi connectivity index (χ4n) is 2.74. The summed E-state index contributed by atoms with van der Waals surface area (Å²) in [4.78, 5) is 20.8. The summed E-state index contributed by atoms with van der Waals surface area (Å²) < 4.78 is 5.37. The number of rotatable bonds is 5. The Kier molecular flexibility index (Phi) is 5.00. The maximum Gasteiger partial charge on any atom is 0.321 e. The molecule has 0 bridgehead atoms. The van der Waals surface area contributed by atoms with Gasteiger partial charge < -0.3 is 19.9 Å². The fraction of sp³-hybridized carbons (Fsp3) is 0.647. The molecule has 1 aliphatic heterocycles. The van der Waals surface area contributed by atoms with Crippen LogP contribution in [0.15, 0.2) is 12.1 Å². The zero-order valence-electron chi connectivity index (χ0n) is 14.0. The largest absolute Gasteiger partial charge is 0.378 e. The number of carbonyl (C=O) groups excluding carboxylic acids is 1. The Morgan fingerprint density at radius 3 is 2.78 bits per heavy atom. The lowest BCUT2D eigenvalue weighted by Crippen LogP contribution is -2.37. The van der Waals surface area contributed by atoms with Gasteiger partial charge in [-0.05, 0) is 31.4 Å². The van der Waals surface area contributed by atoms with Gasteiger partial charge in [-0.2, -0.15) is 0 Å². The topological polar surface area (TPSA) is 57.7 Å². The molecule has 1 saturated heterocycles. The molecule has 1 aromatic heterocycles. The number of hydrogen-bond acceptors (Lipinski definition) is 4. The monoisotopic (exact) mass is 318 g/mol. The number of amides is 2. The van der Waals surface area contributed by atoms with Gasteiger partial charge in [0.25, 0.3) is 0 Å². The van der Waals surface area contributed by atoms with Gasteiger partial charge in [-0.1, -0.05) is 12.8 Å². The average molecular weight is 318 g/mol. The molecule has 2 fully saturated rings. The molecule has 6 heteroatoms. The second-order valence-electron chi connectivity index (χ2n) is 6.49. The Morgan fingerprint density at radius 1 is 1.39 bits per heavy atom. The van der Waals surface area contributed by atoms with E-state index in [1.54, 1.807) is 4.90 Å². The standard InChI is InChI=1S/C17H26N4O2/c1-13-15(19-17(22)20(2)8-7-14-3-4-14)5-6-16(18-13)21-9-11-23-12-10-21/h5-6,14H,3-4,7-12H2,1-2H3,(H,19,22). The normalized spacial score (nSPS) is 17.9. The molecule has 23 heavy (non-hydrogen) atoms. The lowest BCUT2D eigenvalue weighted by atomic mass is 10.2. The Labute approximate surface area is 137 Å². The van der Waals surface area contributed by atoms with Gasteiger partial charge in [0, 0.05) is 26.7 Å². The third-order valence-electron chi connectivity index (χ3n) is 4.56. The minimum absolute atomic E-state index is 0.0605. The van der Waals surface area contributed by atoms with Crippen LogP contribution in [0.4, 0.5) is 16.3 Å². The van der Waals surface area contributed by atoms with Crippen LogP contribution >= 0.6 is 0 Å². The van der Waals surface area contributed by atoms with Crippen LogP contribution in [0.25, 0.3) is 0 Å². The number of morpholine rings is 1. The zero-order valence-corrected chi connectivity index (χ0v) is 14.0. The van der Waals surface area contributed by atoms with Crippen molar-refractivity contribution in [3.05, 3.63) is 17.8 Å². The number of nitrogens with one attached hydrogen (secondary N) is 1. The number of hydrogen-bond donors (Lipinski definition) is 1. The van der Waals surface area contributed by atoms with Gasteiger partial charge in [0.15, 0.2) is 0 Å². The van der Waals surface area contributed by atoms with E-state index in [0.29, 0.717) is 0 Å².